The molecule has 35 heavy (non-hydrogen) atoms. The normalized spacial score (nSPS) is 21.1. The lowest BCUT2D eigenvalue weighted by atomic mass is 9.88. The highest BCUT2D eigenvalue weighted by atomic mass is 32.2. The lowest BCUT2D eigenvalue weighted by Crippen LogP contribution is -2.53. The van der Waals surface area contributed by atoms with Gasteiger partial charge in [0.15, 0.2) is 0 Å². The molecule has 1 atom stereocenters. The summed E-state index contributed by atoms with van der Waals surface area (Å²) < 4.78 is 27.2. The monoisotopic (exact) mass is 495 g/mol. The molecule has 2 aromatic carbocycles. The van der Waals surface area contributed by atoms with Crippen molar-refractivity contribution in [1.82, 2.24) is 19.4 Å². The third-order valence-corrected chi connectivity index (χ3v) is 8.43. The third-order valence-electron chi connectivity index (χ3n) is 6.47. The van der Waals surface area contributed by atoms with E-state index in [0.29, 0.717) is 5.56 Å². The van der Waals surface area contributed by atoms with E-state index in [2.05, 4.69) is 5.32 Å². The highest BCUT2D eigenvalue weighted by Gasteiger charge is 2.50. The van der Waals surface area contributed by atoms with Gasteiger partial charge in [-0.05, 0) is 37.1 Å². The van der Waals surface area contributed by atoms with Crippen LogP contribution in [0.15, 0.2) is 53.4 Å². The summed E-state index contributed by atoms with van der Waals surface area (Å²) in [5, 5.41) is 12.0. The van der Waals surface area contributed by atoms with Crippen molar-refractivity contribution >= 4 is 27.9 Å². The van der Waals surface area contributed by atoms with Gasteiger partial charge in [-0.3, -0.25) is 14.5 Å². The van der Waals surface area contributed by atoms with Gasteiger partial charge in [-0.1, -0.05) is 36.4 Å². The van der Waals surface area contributed by atoms with Gasteiger partial charge in [-0.2, -0.15) is 9.57 Å². The number of benzene rings is 2. The molecule has 0 radical (unpaired) electrons. The molecule has 4 amide bonds. The summed E-state index contributed by atoms with van der Waals surface area (Å²) in [5.41, 5.74) is 0.280. The number of nitrogens with zero attached hydrogens (tertiary/aromatic N) is 4. The Labute approximate surface area is 203 Å². The SMILES string of the molecule is Cc1ccccc1C1(C)NC(=O)N(CC(=O)N2CCN(S(=O)(=O)c3ccccc3C#N)CC2)C1=O. The zero-order valence-electron chi connectivity index (χ0n) is 19.4. The Kier molecular flexibility index (Phi) is 6.36. The Morgan fingerprint density at radius 2 is 1.69 bits per heavy atom. The number of amides is 4. The van der Waals surface area contributed by atoms with Crippen LogP contribution in [-0.2, 0) is 25.2 Å². The van der Waals surface area contributed by atoms with Crippen LogP contribution in [0.25, 0.3) is 0 Å². The van der Waals surface area contributed by atoms with E-state index in [-0.39, 0.29) is 36.6 Å². The van der Waals surface area contributed by atoms with Crippen LogP contribution in [-0.4, -0.2) is 73.1 Å². The first-order valence-corrected chi connectivity index (χ1v) is 12.5. The number of rotatable bonds is 5. The van der Waals surface area contributed by atoms with Gasteiger partial charge >= 0.3 is 6.03 Å². The maximum Gasteiger partial charge on any atom is 0.325 e. The Hall–Kier alpha value is -3.75. The molecule has 0 aliphatic carbocycles. The summed E-state index contributed by atoms with van der Waals surface area (Å²) in [5.74, 6) is -0.962. The smallest absolute Gasteiger partial charge is 0.325 e. The standard InChI is InChI=1S/C24H25N5O5S/c1-17-7-3-5-9-19(17)24(2)22(31)29(23(32)26-24)16-21(30)27-11-13-28(14-12-27)35(33,34)20-10-6-4-8-18(20)15-25/h3-10H,11-14,16H2,1-2H3,(H,26,32). The maximum atomic E-state index is 13.2. The fourth-order valence-corrected chi connectivity index (χ4v) is 6.06. The Morgan fingerprint density at radius 1 is 1.06 bits per heavy atom. The van der Waals surface area contributed by atoms with Crippen LogP contribution in [0, 0.1) is 18.3 Å². The summed E-state index contributed by atoms with van der Waals surface area (Å²) in [4.78, 5) is 41.0. The second-order valence-corrected chi connectivity index (χ2v) is 10.6. The molecule has 0 aromatic heterocycles. The van der Waals surface area contributed by atoms with Crippen LogP contribution in [0.3, 0.4) is 0 Å². The van der Waals surface area contributed by atoms with Crippen molar-refractivity contribution in [3.63, 3.8) is 0 Å². The van der Waals surface area contributed by atoms with Crippen molar-refractivity contribution in [3.8, 4) is 6.07 Å². The number of imide groups is 1. The van der Waals surface area contributed by atoms with Crippen molar-refractivity contribution in [2.75, 3.05) is 32.7 Å². The molecule has 182 valence electrons. The van der Waals surface area contributed by atoms with Crippen LogP contribution in [0.1, 0.15) is 23.6 Å². The Balaban J connectivity index is 1.42. The average molecular weight is 496 g/mol. The Bertz CT molecular complexity index is 1340. The van der Waals surface area contributed by atoms with Crippen molar-refractivity contribution in [2.24, 2.45) is 0 Å². The van der Waals surface area contributed by atoms with Gasteiger partial charge in [0.2, 0.25) is 15.9 Å². The van der Waals surface area contributed by atoms with Crippen LogP contribution in [0.5, 0.6) is 0 Å². The number of carbonyl (C=O) groups is 3. The third kappa shape index (κ3) is 4.26. The van der Waals surface area contributed by atoms with Gasteiger partial charge in [-0.25, -0.2) is 13.2 Å². The number of piperazine rings is 1. The molecule has 2 aliphatic heterocycles. The lowest BCUT2D eigenvalue weighted by Gasteiger charge is -2.34. The predicted molar refractivity (Wildman–Crippen MR) is 125 cm³/mol. The molecule has 2 aliphatic rings. The average Bonchev–Trinajstić information content (AvgIpc) is 3.07. The molecule has 1 N–H and O–H groups in total. The molecule has 1 unspecified atom stereocenters. The quantitative estimate of drug-likeness (QED) is 0.620. The zero-order valence-corrected chi connectivity index (χ0v) is 20.2. The summed E-state index contributed by atoms with van der Waals surface area (Å²) in [6.45, 7) is 3.30. The fourth-order valence-electron chi connectivity index (χ4n) is 4.49. The first-order chi connectivity index (χ1) is 16.6. The second-order valence-electron chi connectivity index (χ2n) is 8.65. The summed E-state index contributed by atoms with van der Waals surface area (Å²) in [7, 11) is -3.90. The maximum absolute atomic E-state index is 13.2. The first kappa shape index (κ1) is 24.4. The predicted octanol–water partition coefficient (Wildman–Crippen LogP) is 1.17. The van der Waals surface area contributed by atoms with Crippen LogP contribution in [0.4, 0.5) is 4.79 Å². The van der Waals surface area contributed by atoms with E-state index >= 15 is 0 Å². The van der Waals surface area contributed by atoms with E-state index in [9.17, 15) is 28.1 Å². The number of nitrogens with one attached hydrogen (secondary N) is 1. The number of aryl methyl sites for hydroxylation is 1. The first-order valence-electron chi connectivity index (χ1n) is 11.1. The molecule has 2 saturated heterocycles. The molecule has 11 heteroatoms. The number of urea groups is 1. The Morgan fingerprint density at radius 3 is 2.34 bits per heavy atom. The van der Waals surface area contributed by atoms with Crippen LogP contribution >= 0.6 is 0 Å². The van der Waals surface area contributed by atoms with Gasteiger partial charge in [-0.15, -0.1) is 0 Å². The van der Waals surface area contributed by atoms with Crippen molar-refractivity contribution in [3.05, 3.63) is 65.2 Å². The fraction of sp³-hybridized carbons (Fsp3) is 0.333. The topological polar surface area (TPSA) is 131 Å². The number of carbonyl (C=O) groups excluding carboxylic acids is 3. The van der Waals surface area contributed by atoms with E-state index in [0.717, 1.165) is 10.5 Å². The van der Waals surface area contributed by atoms with E-state index in [1.807, 2.05) is 25.1 Å². The molecular formula is C24H25N5O5S. The molecule has 2 heterocycles. The minimum absolute atomic E-state index is 0.0366. The molecule has 0 bridgehead atoms. The number of nitriles is 1. The molecule has 2 fully saturated rings. The van der Waals surface area contributed by atoms with Crippen LogP contribution in [0.2, 0.25) is 0 Å². The van der Waals surface area contributed by atoms with Gasteiger partial charge in [0, 0.05) is 26.2 Å². The molecule has 0 saturated carbocycles. The number of sulfonamides is 1. The van der Waals surface area contributed by atoms with E-state index in [1.165, 1.54) is 21.3 Å². The van der Waals surface area contributed by atoms with E-state index < -0.39 is 40.0 Å². The minimum Gasteiger partial charge on any atom is -0.338 e. The molecule has 2 aromatic rings. The lowest BCUT2D eigenvalue weighted by molar-refractivity contribution is -0.139. The molecule has 10 nitrogen and oxygen atoms in total. The van der Waals surface area contributed by atoms with Gasteiger partial charge in [0.05, 0.1) is 10.5 Å². The second kappa shape index (κ2) is 9.13. The summed E-state index contributed by atoms with van der Waals surface area (Å²) in [6.07, 6.45) is 0. The van der Waals surface area contributed by atoms with E-state index in [4.69, 9.17) is 0 Å². The highest BCUT2D eigenvalue weighted by Crippen LogP contribution is 2.31. The summed E-state index contributed by atoms with van der Waals surface area (Å²) in [6, 6.07) is 14.4. The van der Waals surface area contributed by atoms with E-state index in [1.54, 1.807) is 31.2 Å². The van der Waals surface area contributed by atoms with Crippen molar-refractivity contribution < 1.29 is 22.8 Å². The molecular weight excluding hydrogens is 470 g/mol. The largest absolute Gasteiger partial charge is 0.338 e. The summed E-state index contributed by atoms with van der Waals surface area (Å²) >= 11 is 0. The van der Waals surface area contributed by atoms with Gasteiger partial charge in [0.1, 0.15) is 18.2 Å². The van der Waals surface area contributed by atoms with Gasteiger partial charge in [0.25, 0.3) is 5.91 Å². The van der Waals surface area contributed by atoms with Crippen molar-refractivity contribution in [2.45, 2.75) is 24.3 Å². The zero-order chi connectivity index (χ0) is 25.4. The molecule has 4 rings (SSSR count). The highest BCUT2D eigenvalue weighted by molar-refractivity contribution is 7.89. The van der Waals surface area contributed by atoms with Gasteiger partial charge < -0.3 is 10.2 Å². The minimum atomic E-state index is -3.90. The van der Waals surface area contributed by atoms with Crippen LogP contribution < -0.4 is 5.32 Å². The number of hydrogen-bond acceptors (Lipinski definition) is 6. The number of hydrogen-bond donors (Lipinski definition) is 1. The molecule has 0 spiro atoms. The van der Waals surface area contributed by atoms with Crippen molar-refractivity contribution in [1.29, 1.82) is 5.26 Å².